The lowest BCUT2D eigenvalue weighted by molar-refractivity contribution is 0.0727. The second-order valence-corrected chi connectivity index (χ2v) is 8.39. The fraction of sp³-hybridized carbons (Fsp3) is 0.292. The van der Waals surface area contributed by atoms with Crippen LogP contribution in [0, 0.1) is 0 Å². The fourth-order valence-electron chi connectivity index (χ4n) is 4.06. The average molecular weight is 483 g/mol. The number of anilines is 1. The monoisotopic (exact) mass is 482 g/mol. The average Bonchev–Trinajstić information content (AvgIpc) is 2.87. The van der Waals surface area contributed by atoms with E-state index in [0.717, 1.165) is 10.3 Å². The number of carbonyl (C=O) groups is 1. The van der Waals surface area contributed by atoms with E-state index in [1.807, 2.05) is 12.1 Å². The van der Waals surface area contributed by atoms with Gasteiger partial charge in [0.15, 0.2) is 11.5 Å². The number of halogens is 1. The summed E-state index contributed by atoms with van der Waals surface area (Å²) in [6.45, 7) is 1.97. The second kappa shape index (κ2) is 9.26. The van der Waals surface area contributed by atoms with Gasteiger partial charge in [-0.2, -0.15) is 0 Å². The first-order chi connectivity index (χ1) is 16.5. The van der Waals surface area contributed by atoms with Crippen molar-refractivity contribution in [3.63, 3.8) is 0 Å². The third-order valence-corrected chi connectivity index (χ3v) is 6.07. The van der Waals surface area contributed by atoms with Crippen LogP contribution in [0.1, 0.15) is 27.2 Å². The van der Waals surface area contributed by atoms with Crippen LogP contribution >= 0.6 is 11.6 Å². The molecule has 1 amide bonds. The second-order valence-electron chi connectivity index (χ2n) is 7.96. The van der Waals surface area contributed by atoms with Gasteiger partial charge >= 0.3 is 0 Å². The summed E-state index contributed by atoms with van der Waals surface area (Å²) in [5.74, 6) is 1.30. The Morgan fingerprint density at radius 2 is 1.91 bits per heavy atom. The van der Waals surface area contributed by atoms with E-state index >= 15 is 0 Å². The van der Waals surface area contributed by atoms with E-state index in [-0.39, 0.29) is 18.0 Å². The van der Waals surface area contributed by atoms with Crippen molar-refractivity contribution in [2.24, 2.45) is 0 Å². The maximum atomic E-state index is 13.2. The van der Waals surface area contributed by atoms with Crippen LogP contribution < -0.4 is 25.2 Å². The predicted octanol–water partition coefficient (Wildman–Crippen LogP) is 2.54. The summed E-state index contributed by atoms with van der Waals surface area (Å²) in [4.78, 5) is 37.9. The number of rotatable bonds is 5. The zero-order valence-electron chi connectivity index (χ0n) is 18.5. The number of hydrogen-bond donors (Lipinski definition) is 1. The van der Waals surface area contributed by atoms with Crippen molar-refractivity contribution in [2.45, 2.75) is 19.5 Å². The minimum Gasteiger partial charge on any atom is -0.486 e. The predicted molar refractivity (Wildman–Crippen MR) is 126 cm³/mol. The van der Waals surface area contributed by atoms with Crippen LogP contribution in [0.5, 0.6) is 11.5 Å². The van der Waals surface area contributed by atoms with Gasteiger partial charge in [0.2, 0.25) is 5.95 Å². The van der Waals surface area contributed by atoms with Crippen molar-refractivity contribution in [3.8, 4) is 11.5 Å². The van der Waals surface area contributed by atoms with Gasteiger partial charge in [-0.25, -0.2) is 4.98 Å². The summed E-state index contributed by atoms with van der Waals surface area (Å²) in [5.41, 5.74) is 2.22. The number of ether oxygens (including phenoxy) is 2. The van der Waals surface area contributed by atoms with Crippen LogP contribution in [-0.2, 0) is 19.5 Å². The van der Waals surface area contributed by atoms with Crippen molar-refractivity contribution in [1.29, 1.82) is 0 Å². The normalized spacial score (nSPS) is 14.4. The van der Waals surface area contributed by atoms with Gasteiger partial charge in [0.05, 0.1) is 17.8 Å². The molecule has 176 valence electrons. The van der Waals surface area contributed by atoms with Gasteiger partial charge in [-0.05, 0) is 35.9 Å². The van der Waals surface area contributed by atoms with E-state index in [2.05, 4.69) is 10.3 Å². The van der Waals surface area contributed by atoms with Gasteiger partial charge in [0, 0.05) is 30.1 Å². The van der Waals surface area contributed by atoms with E-state index in [9.17, 15) is 9.59 Å². The number of fused-ring (bicyclic) bond motifs is 2. The van der Waals surface area contributed by atoms with E-state index < -0.39 is 0 Å². The highest BCUT2D eigenvalue weighted by atomic mass is 35.5. The molecular weight excluding hydrogens is 460 g/mol. The van der Waals surface area contributed by atoms with Crippen molar-refractivity contribution >= 4 is 23.5 Å². The Bertz CT molecular complexity index is 1290. The van der Waals surface area contributed by atoms with E-state index in [0.29, 0.717) is 72.0 Å². The molecule has 2 aromatic carbocycles. The molecule has 0 saturated carbocycles. The van der Waals surface area contributed by atoms with Crippen LogP contribution in [0.2, 0.25) is 5.02 Å². The molecule has 10 heteroatoms. The molecule has 0 saturated heterocycles. The van der Waals surface area contributed by atoms with Gasteiger partial charge in [0.25, 0.3) is 11.5 Å². The van der Waals surface area contributed by atoms with E-state index in [1.165, 1.54) is 7.11 Å². The summed E-state index contributed by atoms with van der Waals surface area (Å²) < 4.78 is 12.2. The Morgan fingerprint density at radius 1 is 1.15 bits per heavy atom. The first-order valence-electron chi connectivity index (χ1n) is 10.9. The van der Waals surface area contributed by atoms with Crippen molar-refractivity contribution in [1.82, 2.24) is 14.6 Å². The molecule has 3 heterocycles. The molecular formula is C24H23ClN4O5. The number of nitrogens with one attached hydrogen (secondary N) is 1. The van der Waals surface area contributed by atoms with Crippen LogP contribution in [0.25, 0.3) is 0 Å². The molecule has 1 N–H and O–H groups in total. The van der Waals surface area contributed by atoms with Gasteiger partial charge < -0.3 is 24.5 Å². The van der Waals surface area contributed by atoms with Gasteiger partial charge in [-0.3, -0.25) is 9.59 Å². The molecule has 5 rings (SSSR count). The minimum absolute atomic E-state index is 0.148. The molecule has 34 heavy (non-hydrogen) atoms. The highest BCUT2D eigenvalue weighted by Gasteiger charge is 2.28. The molecule has 0 bridgehead atoms. The number of amides is 1. The topological polar surface area (TPSA) is 94.9 Å². The fourth-order valence-corrected chi connectivity index (χ4v) is 4.18. The smallest absolute Gasteiger partial charge is 0.293 e. The van der Waals surface area contributed by atoms with Gasteiger partial charge in [-0.15, -0.1) is 4.73 Å². The summed E-state index contributed by atoms with van der Waals surface area (Å²) in [6, 6.07) is 12.5. The number of aromatic nitrogens is 2. The minimum atomic E-state index is -0.342. The van der Waals surface area contributed by atoms with Crippen LogP contribution in [0.3, 0.4) is 0 Å². The molecule has 0 aliphatic carbocycles. The molecule has 1 aromatic heterocycles. The van der Waals surface area contributed by atoms with Crippen LogP contribution in [0.15, 0.2) is 47.3 Å². The summed E-state index contributed by atoms with van der Waals surface area (Å²) >= 11 is 5.94. The molecule has 0 fully saturated rings. The quantitative estimate of drug-likeness (QED) is 0.597. The Kier molecular flexibility index (Phi) is 6.02. The van der Waals surface area contributed by atoms with Gasteiger partial charge in [0.1, 0.15) is 20.3 Å². The third-order valence-electron chi connectivity index (χ3n) is 5.81. The summed E-state index contributed by atoms with van der Waals surface area (Å²) in [6.07, 6.45) is 0.459. The Balaban J connectivity index is 1.36. The standard InChI is InChI=1S/C24H23ClN4O5/c1-32-29-23(31)18-14-28(22(30)16-4-7-20-21(12-16)34-11-10-33-20)9-8-19(18)27-24(29)26-13-15-2-5-17(25)6-3-15/h2-7,12H,8-11,13-14H2,1H3,(H,26,27). The first kappa shape index (κ1) is 22.1. The number of nitrogens with zero attached hydrogens (tertiary/aromatic N) is 3. The Labute approximate surface area is 200 Å². The van der Waals surface area contributed by atoms with Gasteiger partial charge in [-0.1, -0.05) is 23.7 Å². The first-order valence-corrected chi connectivity index (χ1v) is 11.3. The number of carbonyl (C=O) groups excluding carboxylic acids is 1. The summed E-state index contributed by atoms with van der Waals surface area (Å²) in [7, 11) is 1.41. The largest absolute Gasteiger partial charge is 0.486 e. The highest BCUT2D eigenvalue weighted by Crippen LogP contribution is 2.31. The molecule has 2 aliphatic rings. The van der Waals surface area contributed by atoms with Crippen molar-refractivity contribution < 1.29 is 19.1 Å². The lowest BCUT2D eigenvalue weighted by Gasteiger charge is -2.29. The highest BCUT2D eigenvalue weighted by molar-refractivity contribution is 6.30. The maximum Gasteiger partial charge on any atom is 0.293 e. The number of hydrogen-bond acceptors (Lipinski definition) is 7. The zero-order valence-corrected chi connectivity index (χ0v) is 19.3. The Morgan fingerprint density at radius 3 is 2.68 bits per heavy atom. The van der Waals surface area contributed by atoms with Crippen LogP contribution in [0.4, 0.5) is 5.95 Å². The molecule has 9 nitrogen and oxygen atoms in total. The lowest BCUT2D eigenvalue weighted by Crippen LogP contribution is -2.42. The molecule has 2 aliphatic heterocycles. The Hall–Kier alpha value is -3.72. The molecule has 0 atom stereocenters. The zero-order chi connectivity index (χ0) is 23.7. The molecule has 0 unspecified atom stereocenters. The van der Waals surface area contributed by atoms with Crippen molar-refractivity contribution in [3.05, 3.63) is 80.2 Å². The van der Waals surface area contributed by atoms with E-state index in [4.69, 9.17) is 25.9 Å². The lowest BCUT2D eigenvalue weighted by atomic mass is 10.1. The SMILES string of the molecule is COn1c(NCc2ccc(Cl)cc2)nc2c(c1=O)CN(C(=O)c1ccc3c(c1)OCCO3)CC2. The van der Waals surface area contributed by atoms with Crippen LogP contribution in [-0.4, -0.2) is 47.4 Å². The third kappa shape index (κ3) is 4.26. The maximum absolute atomic E-state index is 13.2. The molecule has 0 radical (unpaired) electrons. The number of benzene rings is 2. The van der Waals surface area contributed by atoms with E-state index in [1.54, 1.807) is 35.2 Å². The summed E-state index contributed by atoms with van der Waals surface area (Å²) in [5, 5.41) is 3.81. The molecule has 0 spiro atoms. The van der Waals surface area contributed by atoms with Crippen molar-refractivity contribution in [2.75, 3.05) is 32.2 Å². The molecule has 3 aromatic rings.